The molecule has 1 atom stereocenters. The minimum absolute atomic E-state index is 0.256. The van der Waals surface area contributed by atoms with Crippen molar-refractivity contribution in [2.45, 2.75) is 71.5 Å². The van der Waals surface area contributed by atoms with Crippen molar-refractivity contribution in [1.29, 1.82) is 0 Å². The first kappa shape index (κ1) is 15.4. The molecule has 0 bridgehead atoms. The average Bonchev–Trinajstić information content (AvgIpc) is 2.96. The van der Waals surface area contributed by atoms with Crippen LogP contribution in [0, 0.1) is 0 Å². The van der Waals surface area contributed by atoms with Crippen molar-refractivity contribution in [3.8, 4) is 0 Å². The molecule has 0 amide bonds. The van der Waals surface area contributed by atoms with Crippen molar-refractivity contribution < 1.29 is 0 Å². The van der Waals surface area contributed by atoms with Crippen molar-refractivity contribution in [3.63, 3.8) is 0 Å². The maximum atomic E-state index is 4.51. The zero-order valence-electron chi connectivity index (χ0n) is 13.7. The number of hydrogen-bond acceptors (Lipinski definition) is 3. The number of nitrogens with zero attached hydrogens (tertiary/aromatic N) is 3. The fourth-order valence-corrected chi connectivity index (χ4v) is 3.10. The van der Waals surface area contributed by atoms with Crippen LogP contribution in [0.1, 0.15) is 59.9 Å². The van der Waals surface area contributed by atoms with E-state index in [1.807, 2.05) is 6.20 Å². The summed E-state index contributed by atoms with van der Waals surface area (Å²) in [6.45, 7) is 13.4. The monoisotopic (exact) mass is 278 g/mol. The highest BCUT2D eigenvalue weighted by Crippen LogP contribution is 2.28. The summed E-state index contributed by atoms with van der Waals surface area (Å²) >= 11 is 0. The van der Waals surface area contributed by atoms with Crippen LogP contribution in [-0.2, 0) is 0 Å². The molecule has 0 spiro atoms. The van der Waals surface area contributed by atoms with Crippen molar-refractivity contribution in [3.05, 3.63) is 12.4 Å². The van der Waals surface area contributed by atoms with E-state index in [1.54, 1.807) is 0 Å². The van der Waals surface area contributed by atoms with Gasteiger partial charge in [-0.3, -0.25) is 4.68 Å². The first-order valence-corrected chi connectivity index (χ1v) is 8.11. The van der Waals surface area contributed by atoms with E-state index in [2.05, 4.69) is 60.8 Å². The summed E-state index contributed by atoms with van der Waals surface area (Å²) in [5, 5.41) is 8.31. The summed E-state index contributed by atoms with van der Waals surface area (Å²) in [4.78, 5) is 2.56. The molecular weight excluding hydrogens is 248 g/mol. The van der Waals surface area contributed by atoms with Crippen molar-refractivity contribution in [2.75, 3.05) is 18.0 Å². The standard InChI is InChI=1S/C16H30N4/c1-6-14-9-17-16(7-2,8-3)12-19(14)15-10-18-20(11-15)13(4)5/h10-11,13-14,17H,6-9,12H2,1-5H3. The molecule has 2 rings (SSSR count). The summed E-state index contributed by atoms with van der Waals surface area (Å²) in [5.41, 5.74) is 1.53. The SMILES string of the molecule is CCC1CNC(CC)(CC)CN1c1cnn(C(C)C)c1. The van der Waals surface area contributed by atoms with E-state index < -0.39 is 0 Å². The van der Waals surface area contributed by atoms with E-state index in [1.165, 1.54) is 24.9 Å². The van der Waals surface area contributed by atoms with E-state index in [4.69, 9.17) is 0 Å². The number of aromatic nitrogens is 2. The van der Waals surface area contributed by atoms with Crippen LogP contribution in [-0.4, -0.2) is 34.5 Å². The molecule has 20 heavy (non-hydrogen) atoms. The minimum atomic E-state index is 0.256. The van der Waals surface area contributed by atoms with Gasteiger partial charge in [-0.05, 0) is 33.1 Å². The smallest absolute Gasteiger partial charge is 0.0756 e. The van der Waals surface area contributed by atoms with Gasteiger partial charge in [0.1, 0.15) is 0 Å². The summed E-state index contributed by atoms with van der Waals surface area (Å²) in [6.07, 6.45) is 7.76. The molecule has 0 aliphatic carbocycles. The lowest BCUT2D eigenvalue weighted by molar-refractivity contribution is 0.246. The summed E-state index contributed by atoms with van der Waals surface area (Å²) in [6, 6.07) is 1.000. The Balaban J connectivity index is 2.24. The Morgan fingerprint density at radius 2 is 2.05 bits per heavy atom. The molecule has 1 fully saturated rings. The number of rotatable bonds is 5. The topological polar surface area (TPSA) is 33.1 Å². The lowest BCUT2D eigenvalue weighted by Crippen LogP contribution is -2.64. The van der Waals surface area contributed by atoms with Crippen LogP contribution in [0.5, 0.6) is 0 Å². The molecule has 1 aromatic rings. The highest BCUT2D eigenvalue weighted by Gasteiger charge is 2.36. The molecular formula is C16H30N4. The summed E-state index contributed by atoms with van der Waals surface area (Å²) in [7, 11) is 0. The Bertz CT molecular complexity index is 420. The van der Waals surface area contributed by atoms with Gasteiger partial charge in [0, 0.05) is 36.9 Å². The van der Waals surface area contributed by atoms with Crippen molar-refractivity contribution in [1.82, 2.24) is 15.1 Å². The second kappa shape index (κ2) is 6.17. The molecule has 114 valence electrons. The predicted molar refractivity (Wildman–Crippen MR) is 85.4 cm³/mol. The van der Waals surface area contributed by atoms with Gasteiger partial charge in [-0.15, -0.1) is 0 Å². The van der Waals surface area contributed by atoms with Gasteiger partial charge in [-0.2, -0.15) is 5.10 Å². The lowest BCUT2D eigenvalue weighted by Gasteiger charge is -2.48. The summed E-state index contributed by atoms with van der Waals surface area (Å²) in [5.74, 6) is 0. The van der Waals surface area contributed by atoms with Gasteiger partial charge in [0.15, 0.2) is 0 Å². The first-order valence-electron chi connectivity index (χ1n) is 8.11. The van der Waals surface area contributed by atoms with E-state index in [-0.39, 0.29) is 5.54 Å². The molecule has 4 nitrogen and oxygen atoms in total. The Labute approximate surface area is 123 Å². The normalized spacial score (nSPS) is 22.5. The van der Waals surface area contributed by atoms with Gasteiger partial charge in [0.05, 0.1) is 11.9 Å². The lowest BCUT2D eigenvalue weighted by atomic mass is 9.88. The van der Waals surface area contributed by atoms with Crippen LogP contribution in [0.3, 0.4) is 0 Å². The summed E-state index contributed by atoms with van der Waals surface area (Å²) < 4.78 is 2.06. The fourth-order valence-electron chi connectivity index (χ4n) is 3.10. The first-order chi connectivity index (χ1) is 9.55. The van der Waals surface area contributed by atoms with E-state index in [9.17, 15) is 0 Å². The molecule has 1 saturated heterocycles. The van der Waals surface area contributed by atoms with Crippen LogP contribution < -0.4 is 10.2 Å². The quantitative estimate of drug-likeness (QED) is 0.898. The third-order valence-corrected chi connectivity index (χ3v) is 4.90. The number of anilines is 1. The molecule has 4 heteroatoms. The van der Waals surface area contributed by atoms with E-state index in [0.29, 0.717) is 12.1 Å². The second-order valence-corrected chi connectivity index (χ2v) is 6.33. The Hall–Kier alpha value is -1.03. The molecule has 1 aliphatic heterocycles. The molecule has 1 aliphatic rings. The molecule has 2 heterocycles. The highest BCUT2D eigenvalue weighted by molar-refractivity contribution is 5.45. The molecule has 0 saturated carbocycles. The van der Waals surface area contributed by atoms with Gasteiger partial charge >= 0.3 is 0 Å². The third kappa shape index (κ3) is 2.85. The number of hydrogen-bond donors (Lipinski definition) is 1. The Morgan fingerprint density at radius 1 is 1.35 bits per heavy atom. The van der Waals surface area contributed by atoms with Crippen LogP contribution >= 0.6 is 0 Å². The predicted octanol–water partition coefficient (Wildman–Crippen LogP) is 3.21. The number of piperazine rings is 1. The van der Waals surface area contributed by atoms with Gasteiger partial charge in [-0.25, -0.2) is 0 Å². The van der Waals surface area contributed by atoms with Gasteiger partial charge < -0.3 is 10.2 Å². The van der Waals surface area contributed by atoms with Gasteiger partial charge in [-0.1, -0.05) is 20.8 Å². The second-order valence-electron chi connectivity index (χ2n) is 6.33. The van der Waals surface area contributed by atoms with Gasteiger partial charge in [0.25, 0.3) is 0 Å². The Morgan fingerprint density at radius 3 is 2.55 bits per heavy atom. The van der Waals surface area contributed by atoms with Crippen molar-refractivity contribution >= 4 is 5.69 Å². The maximum absolute atomic E-state index is 4.51. The molecule has 1 unspecified atom stereocenters. The van der Waals surface area contributed by atoms with Gasteiger partial charge in [0.2, 0.25) is 0 Å². The fraction of sp³-hybridized carbons (Fsp3) is 0.812. The zero-order chi connectivity index (χ0) is 14.8. The zero-order valence-corrected chi connectivity index (χ0v) is 13.7. The number of nitrogens with one attached hydrogen (secondary N) is 1. The maximum Gasteiger partial charge on any atom is 0.0756 e. The van der Waals surface area contributed by atoms with Crippen LogP contribution in [0.25, 0.3) is 0 Å². The largest absolute Gasteiger partial charge is 0.363 e. The minimum Gasteiger partial charge on any atom is -0.363 e. The molecule has 0 aromatic carbocycles. The van der Waals surface area contributed by atoms with E-state index >= 15 is 0 Å². The molecule has 0 radical (unpaired) electrons. The van der Waals surface area contributed by atoms with Crippen LogP contribution in [0.2, 0.25) is 0 Å². The van der Waals surface area contributed by atoms with Crippen LogP contribution in [0.15, 0.2) is 12.4 Å². The highest BCUT2D eigenvalue weighted by atomic mass is 15.3. The van der Waals surface area contributed by atoms with Crippen molar-refractivity contribution in [2.24, 2.45) is 0 Å². The van der Waals surface area contributed by atoms with E-state index in [0.717, 1.165) is 13.1 Å². The third-order valence-electron chi connectivity index (χ3n) is 4.90. The molecule has 1 aromatic heterocycles. The average molecular weight is 278 g/mol. The Kier molecular flexibility index (Phi) is 4.74. The van der Waals surface area contributed by atoms with Crippen LogP contribution in [0.4, 0.5) is 5.69 Å². The molecule has 1 N–H and O–H groups in total.